The first kappa shape index (κ1) is 10.7. The molecular formula is C5H5AsN2O6. The van der Waals surface area contributed by atoms with Crippen molar-refractivity contribution in [1.82, 2.24) is 4.98 Å². The van der Waals surface area contributed by atoms with Crippen LogP contribution in [0.1, 0.15) is 0 Å². The third-order valence-corrected chi connectivity index (χ3v) is 3.35. The van der Waals surface area contributed by atoms with Crippen LogP contribution >= 0.6 is 0 Å². The fourth-order valence-electron chi connectivity index (χ4n) is 0.765. The summed E-state index contributed by atoms with van der Waals surface area (Å²) < 4.78 is 27.6. The molecule has 0 saturated carbocycles. The van der Waals surface area contributed by atoms with Gasteiger partial charge < -0.3 is 0 Å². The first-order chi connectivity index (χ1) is 6.32. The van der Waals surface area contributed by atoms with Crippen LogP contribution in [-0.2, 0) is 3.74 Å². The minimum absolute atomic E-state index is 0.533. The van der Waals surface area contributed by atoms with Crippen LogP contribution < -0.4 is 9.91 Å². The van der Waals surface area contributed by atoms with Crippen LogP contribution in [0.5, 0.6) is 0 Å². The second-order valence-corrected chi connectivity index (χ2v) is 5.74. The second-order valence-electron chi connectivity index (χ2n) is 2.37. The Morgan fingerprint density at radius 2 is 2.07 bits per heavy atom. The third-order valence-electron chi connectivity index (χ3n) is 1.40. The first-order valence-electron chi connectivity index (χ1n) is 3.25. The average molecular weight is 264 g/mol. The fourth-order valence-corrected chi connectivity index (χ4v) is 1.86. The van der Waals surface area contributed by atoms with Crippen LogP contribution in [0.15, 0.2) is 17.1 Å². The SMILES string of the molecule is O=c1[nH]cc([As](=O)(O)O)cc1[N+](=O)[O-]. The molecule has 9 heteroatoms. The zero-order chi connectivity index (χ0) is 10.9. The molecule has 0 aliphatic heterocycles. The average Bonchev–Trinajstić information content (AvgIpc) is 2.02. The summed E-state index contributed by atoms with van der Waals surface area (Å²) in [5.41, 5.74) is -1.88. The van der Waals surface area contributed by atoms with E-state index in [4.69, 9.17) is 8.19 Å². The number of nitrogens with zero attached hydrogens (tertiary/aromatic N) is 1. The first-order valence-corrected chi connectivity index (χ1v) is 6.64. The molecule has 0 saturated heterocycles. The van der Waals surface area contributed by atoms with Gasteiger partial charge in [-0.15, -0.1) is 0 Å². The van der Waals surface area contributed by atoms with Gasteiger partial charge in [0.2, 0.25) is 0 Å². The molecule has 8 nitrogen and oxygen atoms in total. The van der Waals surface area contributed by atoms with Gasteiger partial charge in [0, 0.05) is 0 Å². The monoisotopic (exact) mass is 264 g/mol. The van der Waals surface area contributed by atoms with Gasteiger partial charge in [0.1, 0.15) is 0 Å². The van der Waals surface area contributed by atoms with Crippen molar-refractivity contribution < 1.29 is 16.9 Å². The Balaban J connectivity index is 3.42. The van der Waals surface area contributed by atoms with Crippen LogP contribution in [0.2, 0.25) is 0 Å². The molecule has 3 N–H and O–H groups in total. The molecule has 1 heterocycles. The van der Waals surface area contributed by atoms with Crippen LogP contribution in [0.3, 0.4) is 0 Å². The topological polar surface area (TPSA) is 134 Å². The standard InChI is InChI=1S/C5H5AsN2O6/c9-5-4(8(13)14)1-3(2-7-5)6(10,11)12/h1-2H,(H,7,9)(H2,10,11,12). The Morgan fingerprint density at radius 1 is 1.50 bits per heavy atom. The van der Waals surface area contributed by atoms with E-state index >= 15 is 0 Å². The van der Waals surface area contributed by atoms with E-state index in [1.165, 1.54) is 0 Å². The van der Waals surface area contributed by atoms with Gasteiger partial charge in [-0.05, 0) is 0 Å². The number of rotatable bonds is 2. The molecule has 0 bridgehead atoms. The Hall–Kier alpha value is -1.37. The molecule has 0 fully saturated rings. The van der Waals surface area contributed by atoms with Crippen molar-refractivity contribution in [2.75, 3.05) is 0 Å². The summed E-state index contributed by atoms with van der Waals surface area (Å²) >= 11 is -5.19. The molecule has 0 radical (unpaired) electrons. The predicted octanol–water partition coefficient (Wildman–Crippen LogP) is -2.16. The Labute approximate surface area is 79.4 Å². The molecule has 76 valence electrons. The summed E-state index contributed by atoms with van der Waals surface area (Å²) in [6.07, 6.45) is 0.773. The summed E-state index contributed by atoms with van der Waals surface area (Å²) in [5, 5.41) is 10.2. The summed E-state index contributed by atoms with van der Waals surface area (Å²) in [6.45, 7) is 0. The zero-order valence-corrected chi connectivity index (χ0v) is 8.45. The zero-order valence-electron chi connectivity index (χ0n) is 6.58. The number of hydrogen-bond donors (Lipinski definition) is 3. The van der Waals surface area contributed by atoms with Gasteiger partial charge in [0.05, 0.1) is 0 Å². The van der Waals surface area contributed by atoms with Crippen LogP contribution in [0.4, 0.5) is 5.69 Å². The second kappa shape index (κ2) is 3.41. The van der Waals surface area contributed by atoms with Crippen molar-refractivity contribution in [3.8, 4) is 0 Å². The van der Waals surface area contributed by atoms with Crippen molar-refractivity contribution >= 4 is 24.2 Å². The van der Waals surface area contributed by atoms with Gasteiger partial charge in [-0.1, -0.05) is 0 Å². The maximum absolute atomic E-state index is 10.8. The minimum atomic E-state index is -5.19. The molecule has 0 unspecified atom stereocenters. The van der Waals surface area contributed by atoms with Gasteiger partial charge in [-0.3, -0.25) is 0 Å². The van der Waals surface area contributed by atoms with Gasteiger partial charge in [-0.25, -0.2) is 0 Å². The molecule has 0 atom stereocenters. The van der Waals surface area contributed by atoms with Gasteiger partial charge in [0.25, 0.3) is 0 Å². The summed E-state index contributed by atoms with van der Waals surface area (Å²) in [7, 11) is 0. The van der Waals surface area contributed by atoms with Crippen LogP contribution in [0.25, 0.3) is 0 Å². The number of hydrogen-bond acceptors (Lipinski definition) is 4. The predicted molar refractivity (Wildman–Crippen MR) is 44.2 cm³/mol. The maximum atomic E-state index is 10.8. The van der Waals surface area contributed by atoms with Crippen molar-refractivity contribution in [2.45, 2.75) is 0 Å². The van der Waals surface area contributed by atoms with Crippen molar-refractivity contribution in [3.63, 3.8) is 0 Å². The van der Waals surface area contributed by atoms with Crippen molar-refractivity contribution in [1.29, 1.82) is 0 Å². The van der Waals surface area contributed by atoms with Crippen molar-refractivity contribution in [3.05, 3.63) is 32.7 Å². The molecule has 1 aromatic rings. The quantitative estimate of drug-likeness (QED) is 0.316. The Bertz CT molecular complexity index is 473. The van der Waals surface area contributed by atoms with Crippen LogP contribution in [0, 0.1) is 10.1 Å². The number of nitrogens with one attached hydrogen (secondary N) is 1. The van der Waals surface area contributed by atoms with E-state index in [0.717, 1.165) is 6.20 Å². The molecule has 0 amide bonds. The molecule has 1 rings (SSSR count). The van der Waals surface area contributed by atoms with E-state index in [9.17, 15) is 18.6 Å². The molecule has 0 spiro atoms. The van der Waals surface area contributed by atoms with E-state index < -0.39 is 34.7 Å². The summed E-state index contributed by atoms with van der Waals surface area (Å²) in [6, 6.07) is 0.582. The van der Waals surface area contributed by atoms with Crippen molar-refractivity contribution in [2.24, 2.45) is 0 Å². The Kier molecular flexibility index (Phi) is 2.61. The van der Waals surface area contributed by atoms with E-state index in [2.05, 4.69) is 0 Å². The number of pyridine rings is 1. The summed E-state index contributed by atoms with van der Waals surface area (Å²) in [5.74, 6) is 0. The van der Waals surface area contributed by atoms with Crippen LogP contribution in [-0.4, -0.2) is 32.3 Å². The molecule has 0 aliphatic carbocycles. The van der Waals surface area contributed by atoms with Gasteiger partial charge in [-0.2, -0.15) is 0 Å². The molecule has 14 heavy (non-hydrogen) atoms. The van der Waals surface area contributed by atoms with E-state index in [0.29, 0.717) is 6.07 Å². The van der Waals surface area contributed by atoms with E-state index in [1.54, 1.807) is 0 Å². The van der Waals surface area contributed by atoms with E-state index in [1.807, 2.05) is 4.98 Å². The molecule has 0 aromatic carbocycles. The normalized spacial score (nSPS) is 11.3. The van der Waals surface area contributed by atoms with E-state index in [-0.39, 0.29) is 0 Å². The van der Waals surface area contributed by atoms with Gasteiger partial charge in [0.15, 0.2) is 0 Å². The number of aromatic amines is 1. The number of aromatic nitrogens is 1. The molecule has 0 aliphatic rings. The van der Waals surface area contributed by atoms with Gasteiger partial charge >= 0.3 is 78.8 Å². The fraction of sp³-hybridized carbons (Fsp3) is 0. The third kappa shape index (κ3) is 2.11. The number of nitro groups is 1. The summed E-state index contributed by atoms with van der Waals surface area (Å²) in [4.78, 5) is 21.9. The molecule has 1 aromatic heterocycles. The Morgan fingerprint density at radius 3 is 2.50 bits per heavy atom. The molecular weight excluding hydrogens is 259 g/mol. The number of H-pyrrole nitrogens is 1.